The monoisotopic (exact) mass is 1320 g/mol. The van der Waals surface area contributed by atoms with E-state index < -0.39 is 7.12 Å². The molecule has 0 aliphatic rings. The Morgan fingerprint density at radius 1 is 0.253 bits per heavy atom. The number of hydrogen-bond donors (Lipinski definition) is 2. The molecule has 0 atom stereocenters. The van der Waals surface area contributed by atoms with Gasteiger partial charge in [0.15, 0.2) is 0 Å². The SMILES string of the molecule is Brc1cc2c3ccccc3c(-c3ccccc3)cc2c2ccccc12.C#CC#CC#CC.OB(O)c1cccc(-c2cc3ccccc3c3ccccc23)c1.c1ccc(-c2cc3c4ccccc4c(-c4cccc(-c5cc6ccccc6c6ccccc56)c4)cc3c3ccccc23)cc1. The molecule has 18 rings (SSSR count). The van der Waals surface area contributed by atoms with Crippen LogP contribution in [-0.2, 0) is 0 Å². The Bertz CT molecular complexity index is 6320. The fourth-order valence-electron chi connectivity index (χ4n) is 14.2. The molecule has 464 valence electrons. The Morgan fingerprint density at radius 2 is 0.545 bits per heavy atom. The van der Waals surface area contributed by atoms with E-state index in [1.807, 2.05) is 36.4 Å². The minimum Gasteiger partial charge on any atom is -0.423 e. The van der Waals surface area contributed by atoms with Gasteiger partial charge in [0.1, 0.15) is 0 Å². The third-order valence-corrected chi connectivity index (χ3v) is 19.4. The highest BCUT2D eigenvalue weighted by Crippen LogP contribution is 2.45. The van der Waals surface area contributed by atoms with Crippen molar-refractivity contribution >= 4 is 136 Å². The number of halogens is 1. The first-order valence-electron chi connectivity index (χ1n) is 33.1. The second-order valence-corrected chi connectivity index (χ2v) is 25.3. The summed E-state index contributed by atoms with van der Waals surface area (Å²) >= 11 is 3.77. The molecule has 0 aliphatic heterocycles. The van der Waals surface area contributed by atoms with Crippen molar-refractivity contribution in [3.8, 4) is 91.7 Å². The summed E-state index contributed by atoms with van der Waals surface area (Å²) in [5.74, 6) is 12.0. The van der Waals surface area contributed by atoms with Crippen molar-refractivity contribution < 1.29 is 10.0 Å². The first-order chi connectivity index (χ1) is 48.8. The lowest BCUT2D eigenvalue weighted by atomic mass is 9.78. The van der Waals surface area contributed by atoms with Gasteiger partial charge in [0.05, 0.1) is 0 Å². The lowest BCUT2D eigenvalue weighted by Gasteiger charge is -2.17. The van der Waals surface area contributed by atoms with Gasteiger partial charge in [-0.05, 0) is 242 Å². The summed E-state index contributed by atoms with van der Waals surface area (Å²) in [6.07, 6.45) is 4.78. The average Bonchev–Trinajstić information content (AvgIpc) is 0.749. The van der Waals surface area contributed by atoms with E-state index in [1.54, 1.807) is 13.0 Å². The molecular formula is C95H62BBrO2. The highest BCUT2D eigenvalue weighted by Gasteiger charge is 2.18. The fourth-order valence-corrected chi connectivity index (χ4v) is 14.8. The molecule has 18 aromatic rings. The van der Waals surface area contributed by atoms with E-state index >= 15 is 0 Å². The van der Waals surface area contributed by atoms with E-state index in [9.17, 15) is 10.0 Å². The van der Waals surface area contributed by atoms with Gasteiger partial charge >= 0.3 is 7.12 Å². The number of rotatable bonds is 6. The van der Waals surface area contributed by atoms with E-state index in [1.165, 1.54) is 147 Å². The zero-order chi connectivity index (χ0) is 67.2. The van der Waals surface area contributed by atoms with Gasteiger partial charge in [-0.3, -0.25) is 0 Å². The van der Waals surface area contributed by atoms with Gasteiger partial charge in [-0.15, -0.1) is 6.42 Å². The number of benzene rings is 18. The first kappa shape index (κ1) is 62.8. The van der Waals surface area contributed by atoms with Gasteiger partial charge in [0.2, 0.25) is 0 Å². The molecule has 0 heterocycles. The molecule has 0 aromatic heterocycles. The van der Waals surface area contributed by atoms with Gasteiger partial charge < -0.3 is 10.0 Å². The summed E-state index contributed by atoms with van der Waals surface area (Å²) in [6.45, 7) is 1.71. The minimum absolute atomic E-state index is 0.500. The molecule has 0 aliphatic carbocycles. The van der Waals surface area contributed by atoms with Crippen LogP contribution in [0.25, 0.3) is 163 Å². The second kappa shape index (κ2) is 28.2. The maximum Gasteiger partial charge on any atom is 0.488 e. The Morgan fingerprint density at radius 3 is 0.939 bits per heavy atom. The lowest BCUT2D eigenvalue weighted by Crippen LogP contribution is -2.29. The Kier molecular flexibility index (Phi) is 17.9. The predicted octanol–water partition coefficient (Wildman–Crippen LogP) is 24.0. The molecule has 0 bridgehead atoms. The third kappa shape index (κ3) is 12.4. The van der Waals surface area contributed by atoms with E-state index in [2.05, 4.69) is 343 Å². The zero-order valence-electron chi connectivity index (χ0n) is 54.3. The zero-order valence-corrected chi connectivity index (χ0v) is 55.8. The summed E-state index contributed by atoms with van der Waals surface area (Å²) in [4.78, 5) is 0. The van der Waals surface area contributed by atoms with Gasteiger partial charge in [0, 0.05) is 4.47 Å². The number of fused-ring (bicyclic) bond motifs is 16. The smallest absolute Gasteiger partial charge is 0.423 e. The predicted molar refractivity (Wildman–Crippen MR) is 429 cm³/mol. The fraction of sp³-hybridized carbons (Fsp3) is 0.0105. The average molecular weight is 1330 g/mol. The van der Waals surface area contributed by atoms with Crippen molar-refractivity contribution in [2.24, 2.45) is 0 Å². The van der Waals surface area contributed by atoms with Crippen LogP contribution in [0.15, 0.2) is 344 Å². The van der Waals surface area contributed by atoms with E-state index in [0.29, 0.717) is 5.46 Å². The molecule has 0 radical (unpaired) electrons. The Hall–Kier alpha value is -12.3. The summed E-state index contributed by atoms with van der Waals surface area (Å²) in [5, 5.41) is 44.2. The maximum atomic E-state index is 9.44. The van der Waals surface area contributed by atoms with Gasteiger partial charge in [-0.2, -0.15) is 0 Å². The van der Waals surface area contributed by atoms with Crippen LogP contribution in [0.3, 0.4) is 0 Å². The molecule has 2 nitrogen and oxygen atoms in total. The molecule has 0 unspecified atom stereocenters. The van der Waals surface area contributed by atoms with Crippen LogP contribution in [0, 0.1) is 36.0 Å². The summed E-state index contributed by atoms with van der Waals surface area (Å²) in [6, 6.07) is 121. The van der Waals surface area contributed by atoms with Crippen molar-refractivity contribution in [2.45, 2.75) is 6.92 Å². The van der Waals surface area contributed by atoms with Crippen LogP contribution in [0.4, 0.5) is 0 Å². The summed E-state index contributed by atoms with van der Waals surface area (Å²) in [5.41, 5.74) is 12.6. The van der Waals surface area contributed by atoms with Crippen molar-refractivity contribution in [2.75, 3.05) is 0 Å². The summed E-state index contributed by atoms with van der Waals surface area (Å²) < 4.78 is 1.15. The molecule has 0 fully saturated rings. The quantitative estimate of drug-likeness (QED) is 0.0990. The van der Waals surface area contributed by atoms with E-state index in [0.717, 1.165) is 21.0 Å². The van der Waals surface area contributed by atoms with E-state index in [4.69, 9.17) is 6.42 Å². The molecule has 0 saturated carbocycles. The molecule has 0 spiro atoms. The maximum absolute atomic E-state index is 9.44. The molecule has 99 heavy (non-hydrogen) atoms. The number of terminal acetylenes is 1. The second-order valence-electron chi connectivity index (χ2n) is 24.5. The number of hydrogen-bond acceptors (Lipinski definition) is 2. The molecular weight excluding hydrogens is 1260 g/mol. The van der Waals surface area contributed by atoms with Crippen molar-refractivity contribution in [3.05, 3.63) is 344 Å². The summed E-state index contributed by atoms with van der Waals surface area (Å²) in [7, 11) is -1.46. The third-order valence-electron chi connectivity index (χ3n) is 18.7. The highest BCUT2D eigenvalue weighted by molar-refractivity contribution is 9.10. The Labute approximate surface area is 585 Å². The van der Waals surface area contributed by atoms with Gasteiger partial charge in [-0.1, -0.05) is 319 Å². The standard InChI is InChI=1S/C44H28.C24H15Br.C20H15BO2.C7H4/c1-2-13-29(14-3-1)41-27-43-39-24-11-9-22-37(39)42(28-44(43)38-23-10-8-21-36(38)41)31-17-12-16-30(25-31)40-26-32-15-4-5-18-33(32)34-19-6-7-20-35(34)40;25-24-15-23-18-11-5-4-10-17(18)21(16-8-2-1-3-9-16)14-22(23)19-12-6-7-13-20(19)24;22-21(23)16-8-5-7-14(12-16)20-13-15-6-1-2-9-17(15)18-10-3-4-11-19(18)20;1-3-5-7-6-4-2/h1-28H;1-15H;1-13,22-23H;1H,2H3. The first-order valence-corrected chi connectivity index (χ1v) is 33.9. The minimum atomic E-state index is -1.46. The molecule has 18 aromatic carbocycles. The van der Waals surface area contributed by atoms with Crippen LogP contribution in [-0.4, -0.2) is 17.2 Å². The highest BCUT2D eigenvalue weighted by atomic mass is 79.9. The normalized spacial score (nSPS) is 10.9. The Balaban J connectivity index is 0.000000123. The van der Waals surface area contributed by atoms with Crippen LogP contribution in [0.2, 0.25) is 0 Å². The molecule has 4 heteroatoms. The topological polar surface area (TPSA) is 40.5 Å². The largest absolute Gasteiger partial charge is 0.488 e. The molecule has 2 N–H and O–H groups in total. The van der Waals surface area contributed by atoms with Crippen molar-refractivity contribution in [3.63, 3.8) is 0 Å². The van der Waals surface area contributed by atoms with Crippen LogP contribution < -0.4 is 5.46 Å². The van der Waals surface area contributed by atoms with E-state index in [-0.39, 0.29) is 0 Å². The lowest BCUT2D eigenvalue weighted by molar-refractivity contribution is 0.426. The van der Waals surface area contributed by atoms with Crippen LogP contribution in [0.1, 0.15) is 6.92 Å². The van der Waals surface area contributed by atoms with Gasteiger partial charge in [-0.25, -0.2) is 0 Å². The molecule has 0 saturated heterocycles. The van der Waals surface area contributed by atoms with Crippen LogP contribution in [0.5, 0.6) is 0 Å². The van der Waals surface area contributed by atoms with Crippen LogP contribution >= 0.6 is 15.9 Å². The molecule has 0 amide bonds. The van der Waals surface area contributed by atoms with Gasteiger partial charge in [0.25, 0.3) is 0 Å². The van der Waals surface area contributed by atoms with Crippen molar-refractivity contribution in [1.29, 1.82) is 0 Å². The van der Waals surface area contributed by atoms with Crippen molar-refractivity contribution in [1.82, 2.24) is 0 Å².